The van der Waals surface area contributed by atoms with Gasteiger partial charge in [0.05, 0.1) is 11.2 Å². The van der Waals surface area contributed by atoms with Crippen LogP contribution >= 0.6 is 11.3 Å². The van der Waals surface area contributed by atoms with E-state index in [2.05, 4.69) is 53.8 Å². The van der Waals surface area contributed by atoms with E-state index >= 15 is 0 Å². The highest BCUT2D eigenvalue weighted by atomic mass is 32.1. The minimum Gasteiger partial charge on any atom is -0.316 e. The highest BCUT2D eigenvalue weighted by Gasteiger charge is 2.14. The molecule has 2 aromatic rings. The number of rotatable bonds is 6. The van der Waals surface area contributed by atoms with Crippen molar-refractivity contribution in [3.05, 3.63) is 52.0 Å². The topological polar surface area (TPSA) is 24.9 Å². The fourth-order valence-corrected chi connectivity index (χ4v) is 2.82. The quantitative estimate of drug-likeness (QED) is 0.861. The molecule has 1 aromatic carbocycles. The Balaban J connectivity index is 2.16. The first kappa shape index (κ1) is 13.2. The van der Waals surface area contributed by atoms with Gasteiger partial charge in [0, 0.05) is 17.8 Å². The van der Waals surface area contributed by atoms with Gasteiger partial charge in [-0.3, -0.25) is 0 Å². The van der Waals surface area contributed by atoms with Crippen molar-refractivity contribution >= 4 is 11.3 Å². The van der Waals surface area contributed by atoms with E-state index in [4.69, 9.17) is 0 Å². The van der Waals surface area contributed by atoms with Crippen molar-refractivity contribution < 1.29 is 0 Å². The molecule has 0 aliphatic rings. The molecule has 1 N–H and O–H groups in total. The first-order valence-electron chi connectivity index (χ1n) is 6.44. The SMILES string of the molecule is CCNCC(Cc1cscn1)c1ccccc1C. The largest absolute Gasteiger partial charge is 0.316 e. The number of hydrogen-bond donors (Lipinski definition) is 1. The molecule has 1 heterocycles. The minimum absolute atomic E-state index is 0.508. The van der Waals surface area contributed by atoms with Crippen LogP contribution in [0.15, 0.2) is 35.2 Å². The van der Waals surface area contributed by atoms with Gasteiger partial charge in [0.1, 0.15) is 0 Å². The van der Waals surface area contributed by atoms with Crippen molar-refractivity contribution in [3.8, 4) is 0 Å². The van der Waals surface area contributed by atoms with E-state index in [9.17, 15) is 0 Å². The number of nitrogens with one attached hydrogen (secondary N) is 1. The van der Waals surface area contributed by atoms with E-state index in [1.807, 2.05) is 5.51 Å². The second-order valence-corrected chi connectivity index (χ2v) is 5.26. The number of benzene rings is 1. The van der Waals surface area contributed by atoms with Gasteiger partial charge in [-0.2, -0.15) is 0 Å². The Kier molecular flexibility index (Phi) is 4.90. The molecule has 0 spiro atoms. The molecule has 0 saturated heterocycles. The molecule has 0 aliphatic carbocycles. The molecule has 1 aromatic heterocycles. The maximum absolute atomic E-state index is 4.41. The van der Waals surface area contributed by atoms with Gasteiger partial charge in [-0.15, -0.1) is 11.3 Å². The lowest BCUT2D eigenvalue weighted by atomic mass is 9.91. The van der Waals surface area contributed by atoms with E-state index in [1.54, 1.807) is 11.3 Å². The van der Waals surface area contributed by atoms with Crippen molar-refractivity contribution in [1.82, 2.24) is 10.3 Å². The van der Waals surface area contributed by atoms with Crippen LogP contribution in [0.2, 0.25) is 0 Å². The maximum Gasteiger partial charge on any atom is 0.0794 e. The van der Waals surface area contributed by atoms with Crippen LogP contribution in [0.25, 0.3) is 0 Å². The van der Waals surface area contributed by atoms with E-state index in [0.717, 1.165) is 19.5 Å². The zero-order chi connectivity index (χ0) is 12.8. The van der Waals surface area contributed by atoms with Crippen molar-refractivity contribution in [2.45, 2.75) is 26.2 Å². The van der Waals surface area contributed by atoms with Gasteiger partial charge < -0.3 is 5.32 Å². The summed E-state index contributed by atoms with van der Waals surface area (Å²) >= 11 is 1.67. The molecular formula is C15H20N2S. The Bertz CT molecular complexity index is 465. The van der Waals surface area contributed by atoms with Gasteiger partial charge in [-0.05, 0) is 31.0 Å². The molecule has 1 atom stereocenters. The average molecular weight is 260 g/mol. The van der Waals surface area contributed by atoms with Crippen LogP contribution < -0.4 is 5.32 Å². The molecular weight excluding hydrogens is 240 g/mol. The normalized spacial score (nSPS) is 12.6. The number of thiazole rings is 1. The predicted molar refractivity (Wildman–Crippen MR) is 78.3 cm³/mol. The number of likely N-dealkylation sites (N-methyl/N-ethyl adjacent to an activating group) is 1. The van der Waals surface area contributed by atoms with Crippen LogP contribution in [-0.2, 0) is 6.42 Å². The lowest BCUT2D eigenvalue weighted by Gasteiger charge is -2.19. The van der Waals surface area contributed by atoms with Gasteiger partial charge in [0.25, 0.3) is 0 Å². The monoisotopic (exact) mass is 260 g/mol. The molecule has 18 heavy (non-hydrogen) atoms. The van der Waals surface area contributed by atoms with Crippen LogP contribution in [0.4, 0.5) is 0 Å². The van der Waals surface area contributed by atoms with E-state index in [1.165, 1.54) is 16.8 Å². The van der Waals surface area contributed by atoms with Crippen LogP contribution in [0.3, 0.4) is 0 Å². The third-order valence-corrected chi connectivity index (χ3v) is 3.84. The molecule has 1 unspecified atom stereocenters. The van der Waals surface area contributed by atoms with Crippen molar-refractivity contribution in [2.24, 2.45) is 0 Å². The minimum atomic E-state index is 0.508. The third kappa shape index (κ3) is 3.40. The van der Waals surface area contributed by atoms with Crippen LogP contribution in [0.1, 0.15) is 29.7 Å². The summed E-state index contributed by atoms with van der Waals surface area (Å²) in [4.78, 5) is 4.41. The summed E-state index contributed by atoms with van der Waals surface area (Å²) in [6.45, 7) is 6.37. The summed E-state index contributed by atoms with van der Waals surface area (Å²) < 4.78 is 0. The van der Waals surface area contributed by atoms with E-state index in [0.29, 0.717) is 5.92 Å². The first-order chi connectivity index (χ1) is 8.81. The molecule has 0 bridgehead atoms. The predicted octanol–water partition coefficient (Wildman–Crippen LogP) is 3.39. The smallest absolute Gasteiger partial charge is 0.0794 e. The van der Waals surface area contributed by atoms with Crippen molar-refractivity contribution in [1.29, 1.82) is 0 Å². The highest BCUT2D eigenvalue weighted by molar-refractivity contribution is 7.07. The summed E-state index contributed by atoms with van der Waals surface area (Å²) in [5.41, 5.74) is 5.92. The summed E-state index contributed by atoms with van der Waals surface area (Å²) in [7, 11) is 0. The molecule has 0 saturated carbocycles. The Morgan fingerprint density at radius 1 is 1.33 bits per heavy atom. The lowest BCUT2D eigenvalue weighted by molar-refractivity contribution is 0.588. The van der Waals surface area contributed by atoms with E-state index in [-0.39, 0.29) is 0 Å². The van der Waals surface area contributed by atoms with Crippen LogP contribution in [0, 0.1) is 6.92 Å². The summed E-state index contributed by atoms with van der Waals surface area (Å²) in [5.74, 6) is 0.508. The van der Waals surface area contributed by atoms with Gasteiger partial charge in [-0.1, -0.05) is 31.2 Å². The number of aryl methyl sites for hydroxylation is 1. The van der Waals surface area contributed by atoms with Gasteiger partial charge in [0.2, 0.25) is 0 Å². The zero-order valence-electron chi connectivity index (χ0n) is 11.0. The van der Waals surface area contributed by atoms with Crippen LogP contribution in [0.5, 0.6) is 0 Å². The molecule has 0 fully saturated rings. The zero-order valence-corrected chi connectivity index (χ0v) is 11.8. The Morgan fingerprint density at radius 2 is 2.17 bits per heavy atom. The van der Waals surface area contributed by atoms with Gasteiger partial charge in [-0.25, -0.2) is 4.98 Å². The fraction of sp³-hybridized carbons (Fsp3) is 0.400. The van der Waals surface area contributed by atoms with E-state index < -0.39 is 0 Å². The summed E-state index contributed by atoms with van der Waals surface area (Å²) in [6, 6.07) is 8.66. The van der Waals surface area contributed by atoms with Crippen molar-refractivity contribution in [3.63, 3.8) is 0 Å². The van der Waals surface area contributed by atoms with Crippen molar-refractivity contribution in [2.75, 3.05) is 13.1 Å². The fourth-order valence-electron chi connectivity index (χ4n) is 2.25. The van der Waals surface area contributed by atoms with Crippen LogP contribution in [-0.4, -0.2) is 18.1 Å². The number of aromatic nitrogens is 1. The highest BCUT2D eigenvalue weighted by Crippen LogP contribution is 2.23. The Hall–Kier alpha value is -1.19. The molecule has 3 heteroatoms. The molecule has 2 rings (SSSR count). The average Bonchev–Trinajstić information content (AvgIpc) is 2.88. The maximum atomic E-state index is 4.41. The molecule has 0 amide bonds. The Morgan fingerprint density at radius 3 is 2.83 bits per heavy atom. The number of hydrogen-bond acceptors (Lipinski definition) is 3. The lowest BCUT2D eigenvalue weighted by Crippen LogP contribution is -2.23. The standard InChI is InChI=1S/C15H20N2S/c1-3-16-9-13(8-14-10-18-11-17-14)15-7-5-4-6-12(15)2/h4-7,10-11,13,16H,3,8-9H2,1-2H3. The molecule has 0 aliphatic heterocycles. The Labute approximate surface area is 113 Å². The second-order valence-electron chi connectivity index (χ2n) is 4.55. The molecule has 96 valence electrons. The third-order valence-electron chi connectivity index (χ3n) is 3.21. The first-order valence-corrected chi connectivity index (χ1v) is 7.38. The molecule has 0 radical (unpaired) electrons. The molecule has 2 nitrogen and oxygen atoms in total. The second kappa shape index (κ2) is 6.66. The summed E-state index contributed by atoms with van der Waals surface area (Å²) in [6.07, 6.45) is 1.02. The van der Waals surface area contributed by atoms with Gasteiger partial charge in [0.15, 0.2) is 0 Å². The number of nitrogens with zero attached hydrogens (tertiary/aromatic N) is 1. The van der Waals surface area contributed by atoms with Gasteiger partial charge >= 0.3 is 0 Å². The summed E-state index contributed by atoms with van der Waals surface area (Å²) in [5, 5.41) is 5.61.